The molecule has 0 bridgehead atoms. The molecule has 0 radical (unpaired) electrons. The average Bonchev–Trinajstić information content (AvgIpc) is 2.88. The average molecular weight is 486 g/mol. The van der Waals surface area contributed by atoms with Crippen molar-refractivity contribution in [3.05, 3.63) is 129 Å². The van der Waals surface area contributed by atoms with Crippen LogP contribution in [-0.4, -0.2) is 27.5 Å². The zero-order valence-electron chi connectivity index (χ0n) is 19.2. The summed E-state index contributed by atoms with van der Waals surface area (Å²) in [7, 11) is 0. The molecule has 0 fully saturated rings. The van der Waals surface area contributed by atoms with E-state index in [1.54, 1.807) is 24.3 Å². The summed E-state index contributed by atoms with van der Waals surface area (Å²) in [6.45, 7) is 0.303. The first-order valence-corrected chi connectivity index (χ1v) is 11.2. The lowest BCUT2D eigenvalue weighted by Gasteiger charge is -2.16. The highest BCUT2D eigenvalue weighted by atomic mass is 19.1. The zero-order chi connectivity index (χ0) is 25.7. The van der Waals surface area contributed by atoms with Crippen molar-refractivity contribution >= 4 is 17.6 Å². The standard InChI is InChI=1S/C28H24FN3O4/c29-21-10-8-20(9-11-21)26(34)23-14-15-25(33)32(27(23)30)22-12-6-19(7-13-22)17-31-24(28(35)36)16-18-4-2-1-3-5-18/h1-15,24,31H,16-17,30H2,(H,35,36). The molecule has 7 nitrogen and oxygen atoms in total. The number of nitrogens with one attached hydrogen (secondary N) is 1. The van der Waals surface area contributed by atoms with Crippen LogP contribution in [-0.2, 0) is 17.8 Å². The summed E-state index contributed by atoms with van der Waals surface area (Å²) in [5, 5.41) is 12.6. The third-order valence-corrected chi connectivity index (χ3v) is 5.81. The van der Waals surface area contributed by atoms with Crippen molar-refractivity contribution in [2.24, 2.45) is 0 Å². The molecule has 1 aromatic heterocycles. The molecule has 0 spiro atoms. The van der Waals surface area contributed by atoms with E-state index in [-0.39, 0.29) is 16.9 Å². The number of hydrogen-bond acceptors (Lipinski definition) is 5. The van der Waals surface area contributed by atoms with Gasteiger partial charge in [-0.05, 0) is 60.0 Å². The lowest BCUT2D eigenvalue weighted by Crippen LogP contribution is -2.38. The topological polar surface area (TPSA) is 114 Å². The number of nitrogens with two attached hydrogens (primary N) is 1. The molecule has 0 aliphatic rings. The van der Waals surface area contributed by atoms with Gasteiger partial charge in [0.1, 0.15) is 17.7 Å². The molecule has 0 amide bonds. The second-order valence-electron chi connectivity index (χ2n) is 8.27. The summed E-state index contributed by atoms with van der Waals surface area (Å²) in [5.74, 6) is -1.87. The van der Waals surface area contributed by atoms with Gasteiger partial charge in [-0.1, -0.05) is 42.5 Å². The van der Waals surface area contributed by atoms with Crippen molar-refractivity contribution < 1.29 is 19.1 Å². The number of pyridine rings is 1. The molecule has 4 N–H and O–H groups in total. The zero-order valence-corrected chi connectivity index (χ0v) is 19.2. The maximum atomic E-state index is 13.2. The fourth-order valence-electron chi connectivity index (χ4n) is 3.87. The molecule has 0 saturated carbocycles. The summed E-state index contributed by atoms with van der Waals surface area (Å²) < 4.78 is 14.5. The Labute approximate surface area is 206 Å². The first-order valence-electron chi connectivity index (χ1n) is 11.2. The number of benzene rings is 3. The summed E-state index contributed by atoms with van der Waals surface area (Å²) in [6, 6.07) is 23.1. The van der Waals surface area contributed by atoms with Crippen molar-refractivity contribution in [2.45, 2.75) is 19.0 Å². The number of carbonyl (C=O) groups excluding carboxylic acids is 1. The molecule has 1 heterocycles. The van der Waals surface area contributed by atoms with Gasteiger partial charge >= 0.3 is 5.97 Å². The van der Waals surface area contributed by atoms with Crippen LogP contribution in [0, 0.1) is 5.82 Å². The summed E-state index contributed by atoms with van der Waals surface area (Å²) >= 11 is 0. The van der Waals surface area contributed by atoms with Gasteiger partial charge < -0.3 is 16.2 Å². The smallest absolute Gasteiger partial charge is 0.321 e. The fraction of sp³-hybridized carbons (Fsp3) is 0.107. The van der Waals surface area contributed by atoms with Crippen LogP contribution in [0.5, 0.6) is 0 Å². The monoisotopic (exact) mass is 485 g/mol. The van der Waals surface area contributed by atoms with Gasteiger partial charge in [0, 0.05) is 18.2 Å². The molecular weight excluding hydrogens is 461 g/mol. The number of carboxylic acid groups (broad SMARTS) is 1. The van der Waals surface area contributed by atoms with Crippen molar-refractivity contribution in [2.75, 3.05) is 5.73 Å². The van der Waals surface area contributed by atoms with Gasteiger partial charge in [0.2, 0.25) is 0 Å². The Morgan fingerprint density at radius 3 is 2.19 bits per heavy atom. The molecular formula is C28H24FN3O4. The Morgan fingerprint density at radius 1 is 0.889 bits per heavy atom. The molecule has 4 rings (SSSR count). The number of nitrogen functional groups attached to an aromatic ring is 1. The molecule has 0 aliphatic heterocycles. The van der Waals surface area contributed by atoms with Gasteiger partial charge in [0.25, 0.3) is 5.56 Å². The van der Waals surface area contributed by atoms with E-state index in [0.717, 1.165) is 11.1 Å². The van der Waals surface area contributed by atoms with Crippen LogP contribution in [0.2, 0.25) is 0 Å². The van der Waals surface area contributed by atoms with Crippen molar-refractivity contribution in [3.8, 4) is 5.69 Å². The van der Waals surface area contributed by atoms with Crippen LogP contribution in [0.3, 0.4) is 0 Å². The van der Waals surface area contributed by atoms with E-state index in [4.69, 9.17) is 5.73 Å². The molecule has 0 aliphatic carbocycles. The Kier molecular flexibility index (Phi) is 7.36. The second kappa shape index (κ2) is 10.8. The lowest BCUT2D eigenvalue weighted by atomic mass is 10.0. The SMILES string of the molecule is Nc1c(C(=O)c2ccc(F)cc2)ccc(=O)n1-c1ccc(CNC(Cc2ccccc2)C(=O)O)cc1. The number of carboxylic acids is 1. The predicted octanol–water partition coefficient (Wildman–Crippen LogP) is 3.58. The van der Waals surface area contributed by atoms with Gasteiger partial charge in [0.05, 0.1) is 11.3 Å². The molecule has 8 heteroatoms. The van der Waals surface area contributed by atoms with Crippen LogP contribution >= 0.6 is 0 Å². The van der Waals surface area contributed by atoms with E-state index in [9.17, 15) is 23.9 Å². The van der Waals surface area contributed by atoms with Gasteiger partial charge in [-0.3, -0.25) is 19.0 Å². The number of hydrogen-bond donors (Lipinski definition) is 3. The summed E-state index contributed by atoms with van der Waals surface area (Å²) in [4.78, 5) is 37.2. The number of nitrogens with zero attached hydrogens (tertiary/aromatic N) is 1. The number of aromatic nitrogens is 1. The van der Waals surface area contributed by atoms with E-state index < -0.39 is 29.2 Å². The number of carbonyl (C=O) groups is 2. The normalized spacial score (nSPS) is 11.7. The molecule has 36 heavy (non-hydrogen) atoms. The first-order chi connectivity index (χ1) is 17.3. The Balaban J connectivity index is 1.52. The molecule has 1 atom stereocenters. The highest BCUT2D eigenvalue weighted by Crippen LogP contribution is 2.19. The van der Waals surface area contributed by atoms with Gasteiger partial charge in [-0.15, -0.1) is 0 Å². The van der Waals surface area contributed by atoms with E-state index in [2.05, 4.69) is 5.32 Å². The molecule has 0 saturated heterocycles. The number of rotatable bonds is 9. The van der Waals surface area contributed by atoms with Crippen molar-refractivity contribution in [1.29, 1.82) is 0 Å². The van der Waals surface area contributed by atoms with E-state index in [1.165, 1.54) is 41.0 Å². The lowest BCUT2D eigenvalue weighted by molar-refractivity contribution is -0.139. The van der Waals surface area contributed by atoms with E-state index >= 15 is 0 Å². The van der Waals surface area contributed by atoms with Gasteiger partial charge in [-0.2, -0.15) is 0 Å². The first kappa shape index (κ1) is 24.6. The van der Waals surface area contributed by atoms with Gasteiger partial charge in [0.15, 0.2) is 5.78 Å². The fourth-order valence-corrected chi connectivity index (χ4v) is 3.87. The van der Waals surface area contributed by atoms with Crippen molar-refractivity contribution in [3.63, 3.8) is 0 Å². The van der Waals surface area contributed by atoms with Crippen LogP contribution in [0.25, 0.3) is 5.69 Å². The molecule has 182 valence electrons. The molecule has 1 unspecified atom stereocenters. The maximum absolute atomic E-state index is 13.2. The summed E-state index contributed by atoms with van der Waals surface area (Å²) in [5.41, 5.74) is 8.35. The quantitative estimate of drug-likeness (QED) is 0.312. The highest BCUT2D eigenvalue weighted by Gasteiger charge is 2.18. The Morgan fingerprint density at radius 2 is 1.56 bits per heavy atom. The van der Waals surface area contributed by atoms with Crippen molar-refractivity contribution in [1.82, 2.24) is 9.88 Å². The predicted molar refractivity (Wildman–Crippen MR) is 135 cm³/mol. The van der Waals surface area contributed by atoms with Gasteiger partial charge in [-0.25, -0.2) is 4.39 Å². The number of anilines is 1. The number of aliphatic carboxylic acids is 1. The minimum absolute atomic E-state index is 0.0310. The van der Waals surface area contributed by atoms with Crippen LogP contribution in [0.15, 0.2) is 95.8 Å². The third kappa shape index (κ3) is 5.56. The summed E-state index contributed by atoms with van der Waals surface area (Å²) in [6.07, 6.45) is 0.342. The minimum Gasteiger partial charge on any atom is -0.480 e. The minimum atomic E-state index is -0.947. The number of ketones is 1. The molecule has 4 aromatic rings. The van der Waals surface area contributed by atoms with Crippen LogP contribution in [0.4, 0.5) is 10.2 Å². The van der Waals surface area contributed by atoms with Crippen LogP contribution < -0.4 is 16.6 Å². The number of halogens is 1. The van der Waals surface area contributed by atoms with E-state index in [1.807, 2.05) is 30.3 Å². The highest BCUT2D eigenvalue weighted by molar-refractivity contribution is 6.11. The maximum Gasteiger partial charge on any atom is 0.321 e. The molecule has 3 aromatic carbocycles. The largest absolute Gasteiger partial charge is 0.480 e. The third-order valence-electron chi connectivity index (χ3n) is 5.81. The Hall–Kier alpha value is -4.56. The Bertz CT molecular complexity index is 1430. The van der Waals surface area contributed by atoms with Crippen LogP contribution in [0.1, 0.15) is 27.0 Å². The van der Waals surface area contributed by atoms with E-state index in [0.29, 0.717) is 18.7 Å². The second-order valence-corrected chi connectivity index (χ2v) is 8.27.